The number of hydrogen-bond donors (Lipinski definition) is 2. The van der Waals surface area contributed by atoms with Crippen molar-refractivity contribution in [3.63, 3.8) is 0 Å². The Bertz CT molecular complexity index is 476. The molecule has 74 valence electrons. The lowest BCUT2D eigenvalue weighted by molar-refractivity contribution is 0.623. The normalized spacial score (nSPS) is 10.9. The lowest BCUT2D eigenvalue weighted by Gasteiger charge is -2.08. The Kier molecular flexibility index (Phi) is 1.87. The van der Waals surface area contributed by atoms with Crippen LogP contribution in [0.15, 0.2) is 18.5 Å². The van der Waals surface area contributed by atoms with Crippen molar-refractivity contribution in [2.24, 2.45) is 18.7 Å². The molecule has 0 bridgehead atoms. The van der Waals surface area contributed by atoms with Gasteiger partial charge in [-0.05, 0) is 6.07 Å². The summed E-state index contributed by atoms with van der Waals surface area (Å²) in [6, 6.07) is 1.35. The predicted molar refractivity (Wildman–Crippen MR) is 51.5 cm³/mol. The van der Waals surface area contributed by atoms with E-state index in [9.17, 15) is 4.39 Å². The predicted octanol–water partition coefficient (Wildman–Crippen LogP) is 0.266. The molecule has 6 heteroatoms. The molecule has 0 aliphatic carbocycles. The Morgan fingerprint density at radius 3 is 2.86 bits per heavy atom. The molecule has 0 saturated heterocycles. The average Bonchev–Trinajstić information content (AvgIpc) is 2.43. The zero-order valence-electron chi connectivity index (χ0n) is 7.61. The molecular formula is C8H10FN5. The number of aromatic nitrogens is 2. The van der Waals surface area contributed by atoms with Gasteiger partial charge >= 0.3 is 0 Å². The van der Waals surface area contributed by atoms with Crippen LogP contribution in [0.4, 0.5) is 10.1 Å². The molecule has 0 aliphatic rings. The molecule has 5 nitrogen and oxygen atoms in total. The summed E-state index contributed by atoms with van der Waals surface area (Å²) >= 11 is 0. The number of halogens is 1. The third-order valence-corrected chi connectivity index (χ3v) is 2.04. The standard InChI is InChI=1S/C8H10FN5/c1-13-4-7(14(10)11)6-2-5(9)3-12-8(6)13/h2-4H,10-11H2,1H3. The molecule has 0 amide bonds. The zero-order chi connectivity index (χ0) is 10.3. The largest absolute Gasteiger partial charge is 0.333 e. The maximum absolute atomic E-state index is 12.9. The maximum atomic E-state index is 12.9. The highest BCUT2D eigenvalue weighted by atomic mass is 19.1. The van der Waals surface area contributed by atoms with E-state index >= 15 is 0 Å². The summed E-state index contributed by atoms with van der Waals surface area (Å²) in [6.45, 7) is 0. The first-order chi connectivity index (χ1) is 6.59. The molecule has 2 aromatic rings. The van der Waals surface area contributed by atoms with Crippen LogP contribution in [-0.4, -0.2) is 9.55 Å². The van der Waals surface area contributed by atoms with Crippen LogP contribution < -0.4 is 16.8 Å². The summed E-state index contributed by atoms with van der Waals surface area (Å²) in [7, 11) is 1.79. The van der Waals surface area contributed by atoms with Gasteiger partial charge in [0, 0.05) is 18.6 Å². The Morgan fingerprint density at radius 2 is 2.21 bits per heavy atom. The molecule has 4 N–H and O–H groups in total. The minimum atomic E-state index is -0.410. The van der Waals surface area contributed by atoms with Crippen molar-refractivity contribution < 1.29 is 4.39 Å². The zero-order valence-corrected chi connectivity index (χ0v) is 7.61. The number of nitrogens with two attached hydrogens (primary N) is 2. The third-order valence-electron chi connectivity index (χ3n) is 2.04. The second-order valence-electron chi connectivity index (χ2n) is 3.06. The number of nitrogens with zero attached hydrogens (tertiary/aromatic N) is 3. The van der Waals surface area contributed by atoms with Crippen LogP contribution in [0.25, 0.3) is 11.0 Å². The van der Waals surface area contributed by atoms with Crippen molar-refractivity contribution in [2.75, 3.05) is 5.12 Å². The molecule has 14 heavy (non-hydrogen) atoms. The van der Waals surface area contributed by atoms with Crippen LogP contribution in [0, 0.1) is 5.82 Å². The van der Waals surface area contributed by atoms with Crippen molar-refractivity contribution in [3.05, 3.63) is 24.3 Å². The van der Waals surface area contributed by atoms with Gasteiger partial charge in [-0.1, -0.05) is 0 Å². The molecule has 2 aromatic heterocycles. The summed E-state index contributed by atoms with van der Waals surface area (Å²) in [6.07, 6.45) is 2.85. The van der Waals surface area contributed by atoms with Crippen LogP contribution in [0.3, 0.4) is 0 Å². The van der Waals surface area contributed by atoms with Gasteiger partial charge in [0.15, 0.2) is 0 Å². The molecule has 0 atom stereocenters. The minimum Gasteiger partial charge on any atom is -0.333 e. The molecular weight excluding hydrogens is 185 g/mol. The summed E-state index contributed by atoms with van der Waals surface area (Å²) in [5.74, 6) is 10.4. The third kappa shape index (κ3) is 1.21. The number of hydrogen-bond acceptors (Lipinski definition) is 4. The molecule has 2 rings (SSSR count). The Labute approximate surface area is 79.7 Å². The first-order valence-electron chi connectivity index (χ1n) is 3.99. The molecule has 0 unspecified atom stereocenters. The quantitative estimate of drug-likeness (QED) is 0.506. The number of rotatable bonds is 1. The molecule has 0 spiro atoms. The highest BCUT2D eigenvalue weighted by Gasteiger charge is 2.10. The molecule has 0 aliphatic heterocycles. The molecule has 0 aromatic carbocycles. The lowest BCUT2D eigenvalue weighted by Crippen LogP contribution is -2.37. The van der Waals surface area contributed by atoms with Crippen LogP contribution >= 0.6 is 0 Å². The Balaban J connectivity index is 2.79. The van der Waals surface area contributed by atoms with Crippen LogP contribution in [0.2, 0.25) is 0 Å². The van der Waals surface area contributed by atoms with Crippen molar-refractivity contribution in [1.82, 2.24) is 9.55 Å². The van der Waals surface area contributed by atoms with Crippen LogP contribution in [-0.2, 0) is 7.05 Å². The van der Waals surface area contributed by atoms with Crippen LogP contribution in [0.1, 0.15) is 0 Å². The van der Waals surface area contributed by atoms with Gasteiger partial charge in [-0.15, -0.1) is 0 Å². The number of aryl methyl sites for hydroxylation is 1. The van der Waals surface area contributed by atoms with Gasteiger partial charge in [0.1, 0.15) is 11.5 Å². The number of fused-ring (bicyclic) bond motifs is 1. The van der Waals surface area contributed by atoms with Crippen molar-refractivity contribution in [2.45, 2.75) is 0 Å². The van der Waals surface area contributed by atoms with Gasteiger partial charge in [0.2, 0.25) is 0 Å². The minimum absolute atomic E-state index is 0.410. The second-order valence-corrected chi connectivity index (χ2v) is 3.06. The first-order valence-corrected chi connectivity index (χ1v) is 3.99. The van der Waals surface area contributed by atoms with E-state index in [1.165, 1.54) is 6.07 Å². The van der Waals surface area contributed by atoms with Crippen molar-refractivity contribution in [3.8, 4) is 0 Å². The molecule has 0 fully saturated rings. The fourth-order valence-electron chi connectivity index (χ4n) is 1.42. The van der Waals surface area contributed by atoms with E-state index in [1.807, 2.05) is 0 Å². The number of pyridine rings is 1. The SMILES string of the molecule is Cn1cc(N(N)N)c2cc(F)cnc21. The topological polar surface area (TPSA) is 73.1 Å². The second kappa shape index (κ2) is 2.93. The van der Waals surface area contributed by atoms with Gasteiger partial charge in [-0.3, -0.25) is 0 Å². The summed E-state index contributed by atoms with van der Waals surface area (Å²) < 4.78 is 14.7. The van der Waals surface area contributed by atoms with E-state index in [4.69, 9.17) is 11.7 Å². The smallest absolute Gasteiger partial charge is 0.142 e. The van der Waals surface area contributed by atoms with Gasteiger partial charge < -0.3 is 4.57 Å². The molecule has 0 radical (unpaired) electrons. The Morgan fingerprint density at radius 1 is 1.50 bits per heavy atom. The maximum Gasteiger partial charge on any atom is 0.142 e. The van der Waals surface area contributed by atoms with E-state index in [-0.39, 0.29) is 0 Å². The van der Waals surface area contributed by atoms with Gasteiger partial charge in [-0.25, -0.2) is 26.2 Å². The van der Waals surface area contributed by atoms with Crippen LogP contribution in [0.5, 0.6) is 0 Å². The van der Waals surface area contributed by atoms with Gasteiger partial charge in [0.05, 0.1) is 11.9 Å². The number of anilines is 1. The summed E-state index contributed by atoms with van der Waals surface area (Å²) in [5.41, 5.74) is 1.18. The highest BCUT2D eigenvalue weighted by Crippen LogP contribution is 2.24. The fraction of sp³-hybridized carbons (Fsp3) is 0.125. The first kappa shape index (κ1) is 8.92. The fourth-order valence-corrected chi connectivity index (χ4v) is 1.42. The monoisotopic (exact) mass is 195 g/mol. The summed E-state index contributed by atoms with van der Waals surface area (Å²) in [4.78, 5) is 3.93. The van der Waals surface area contributed by atoms with E-state index < -0.39 is 5.82 Å². The lowest BCUT2D eigenvalue weighted by atomic mass is 10.3. The average molecular weight is 195 g/mol. The number of hydrazine groups is 2. The summed E-state index contributed by atoms with van der Waals surface area (Å²) in [5, 5.41) is 1.54. The van der Waals surface area contributed by atoms with Gasteiger partial charge in [-0.2, -0.15) is 0 Å². The van der Waals surface area contributed by atoms with Crippen molar-refractivity contribution in [1.29, 1.82) is 0 Å². The molecule has 0 saturated carbocycles. The Hall–Kier alpha value is -1.66. The van der Waals surface area contributed by atoms with Crippen molar-refractivity contribution >= 4 is 16.7 Å². The van der Waals surface area contributed by atoms with E-state index in [0.29, 0.717) is 16.7 Å². The van der Waals surface area contributed by atoms with E-state index in [1.54, 1.807) is 17.8 Å². The van der Waals surface area contributed by atoms with Gasteiger partial charge in [0.25, 0.3) is 0 Å². The van der Waals surface area contributed by atoms with E-state index in [2.05, 4.69) is 4.98 Å². The van der Waals surface area contributed by atoms with E-state index in [0.717, 1.165) is 11.3 Å². The molecule has 2 heterocycles. The highest BCUT2D eigenvalue weighted by molar-refractivity contribution is 5.90.